The largest absolute Gasteiger partial charge is 0.303 e. The molecule has 0 aromatic rings. The lowest BCUT2D eigenvalue weighted by molar-refractivity contribution is -0.108. The fraction of sp³-hybridized carbons (Fsp3) is 0.917. The van der Waals surface area contributed by atoms with E-state index in [1.807, 2.05) is 0 Å². The van der Waals surface area contributed by atoms with Gasteiger partial charge in [-0.3, -0.25) is 0 Å². The lowest BCUT2D eigenvalue weighted by Crippen LogP contribution is -1.98. The third kappa shape index (κ3) is 8.01. The van der Waals surface area contributed by atoms with E-state index in [9.17, 15) is 4.79 Å². The molecule has 2 atom stereocenters. The fourth-order valence-electron chi connectivity index (χ4n) is 1.52. The Morgan fingerprint density at radius 3 is 2.23 bits per heavy atom. The van der Waals surface area contributed by atoms with Gasteiger partial charge in [0.15, 0.2) is 0 Å². The average Bonchev–Trinajstić information content (AvgIpc) is 2.14. The minimum Gasteiger partial charge on any atom is -0.303 e. The average molecular weight is 184 g/mol. The summed E-state index contributed by atoms with van der Waals surface area (Å²) in [4.78, 5) is 10.1. The first-order valence-electron chi connectivity index (χ1n) is 5.64. The highest BCUT2D eigenvalue weighted by atomic mass is 16.1. The molecule has 0 aromatic carbocycles. The summed E-state index contributed by atoms with van der Waals surface area (Å²) in [6.07, 6.45) is 8.11. The second-order valence-corrected chi connectivity index (χ2v) is 4.29. The van der Waals surface area contributed by atoms with Crippen LogP contribution in [-0.2, 0) is 4.79 Å². The summed E-state index contributed by atoms with van der Waals surface area (Å²) in [6, 6.07) is 0. The van der Waals surface area contributed by atoms with Crippen molar-refractivity contribution in [2.24, 2.45) is 11.8 Å². The Labute approximate surface area is 82.9 Å². The maximum atomic E-state index is 10.1. The van der Waals surface area contributed by atoms with E-state index in [1.54, 1.807) is 0 Å². The van der Waals surface area contributed by atoms with Crippen molar-refractivity contribution in [3.63, 3.8) is 0 Å². The zero-order valence-electron chi connectivity index (χ0n) is 9.38. The number of carbonyl (C=O) groups excluding carboxylic acids is 1. The normalized spacial score (nSPS) is 15.3. The fourth-order valence-corrected chi connectivity index (χ4v) is 1.52. The first-order chi connectivity index (χ1) is 6.20. The Bertz CT molecular complexity index is 120. The molecule has 0 amide bonds. The molecule has 0 aliphatic carbocycles. The van der Waals surface area contributed by atoms with Crippen molar-refractivity contribution in [1.82, 2.24) is 0 Å². The minimum absolute atomic E-state index is 0.731. The Hall–Kier alpha value is -0.330. The molecule has 0 aliphatic heterocycles. The second-order valence-electron chi connectivity index (χ2n) is 4.29. The van der Waals surface area contributed by atoms with E-state index in [-0.39, 0.29) is 0 Å². The lowest BCUT2D eigenvalue weighted by atomic mass is 9.95. The van der Waals surface area contributed by atoms with Crippen molar-refractivity contribution in [3.05, 3.63) is 0 Å². The maximum Gasteiger partial charge on any atom is 0.120 e. The molecule has 0 fully saturated rings. The summed E-state index contributed by atoms with van der Waals surface area (Å²) in [6.45, 7) is 6.82. The van der Waals surface area contributed by atoms with Crippen LogP contribution >= 0.6 is 0 Å². The third-order valence-electron chi connectivity index (χ3n) is 2.87. The van der Waals surface area contributed by atoms with Gasteiger partial charge in [0.05, 0.1) is 0 Å². The summed E-state index contributed by atoms with van der Waals surface area (Å²) in [5.74, 6) is 1.60. The zero-order chi connectivity index (χ0) is 10.1. The SMILES string of the molecule is CC[C@H](C)CCC[C@H](C)CCC=O. The van der Waals surface area contributed by atoms with E-state index in [4.69, 9.17) is 0 Å². The molecular formula is C12H24O. The first-order valence-corrected chi connectivity index (χ1v) is 5.64. The standard InChI is InChI=1S/C12H24O/c1-4-11(2)7-5-8-12(3)9-6-10-13/h10-12H,4-9H2,1-3H3/t11-,12-/m0/s1. The highest BCUT2D eigenvalue weighted by molar-refractivity contribution is 5.49. The monoisotopic (exact) mass is 184 g/mol. The minimum atomic E-state index is 0.731. The van der Waals surface area contributed by atoms with Crippen molar-refractivity contribution in [2.75, 3.05) is 0 Å². The highest BCUT2D eigenvalue weighted by Gasteiger charge is 2.03. The molecule has 0 saturated carbocycles. The molecule has 0 rings (SSSR count). The van der Waals surface area contributed by atoms with Crippen LogP contribution in [0.5, 0.6) is 0 Å². The topological polar surface area (TPSA) is 17.1 Å². The smallest absolute Gasteiger partial charge is 0.120 e. The van der Waals surface area contributed by atoms with Gasteiger partial charge >= 0.3 is 0 Å². The van der Waals surface area contributed by atoms with Gasteiger partial charge < -0.3 is 4.79 Å². The summed E-state index contributed by atoms with van der Waals surface area (Å²) in [5.41, 5.74) is 0. The van der Waals surface area contributed by atoms with E-state index in [0.717, 1.165) is 31.0 Å². The Kier molecular flexibility index (Phi) is 8.07. The van der Waals surface area contributed by atoms with Crippen LogP contribution in [-0.4, -0.2) is 6.29 Å². The molecule has 1 heteroatoms. The van der Waals surface area contributed by atoms with Crippen LogP contribution in [0.25, 0.3) is 0 Å². The van der Waals surface area contributed by atoms with Crippen LogP contribution in [0.3, 0.4) is 0 Å². The van der Waals surface area contributed by atoms with E-state index >= 15 is 0 Å². The number of carbonyl (C=O) groups is 1. The zero-order valence-corrected chi connectivity index (χ0v) is 9.38. The number of hydrogen-bond donors (Lipinski definition) is 0. The van der Waals surface area contributed by atoms with Crippen LogP contribution in [0.2, 0.25) is 0 Å². The van der Waals surface area contributed by atoms with Gasteiger partial charge in [-0.15, -0.1) is 0 Å². The molecule has 0 bridgehead atoms. The predicted molar refractivity (Wildman–Crippen MR) is 57.8 cm³/mol. The van der Waals surface area contributed by atoms with Crippen LogP contribution in [0.15, 0.2) is 0 Å². The molecule has 0 radical (unpaired) electrons. The van der Waals surface area contributed by atoms with Gasteiger partial charge in [-0.05, 0) is 18.3 Å². The molecule has 0 unspecified atom stereocenters. The van der Waals surface area contributed by atoms with E-state index in [2.05, 4.69) is 20.8 Å². The molecule has 0 spiro atoms. The van der Waals surface area contributed by atoms with Crippen molar-refractivity contribution >= 4 is 6.29 Å². The summed E-state index contributed by atoms with van der Waals surface area (Å²) in [5, 5.41) is 0. The van der Waals surface area contributed by atoms with Crippen LogP contribution in [0, 0.1) is 11.8 Å². The number of aldehydes is 1. The van der Waals surface area contributed by atoms with Gasteiger partial charge in [0.25, 0.3) is 0 Å². The second kappa shape index (κ2) is 8.28. The van der Waals surface area contributed by atoms with Gasteiger partial charge in [-0.1, -0.05) is 46.5 Å². The van der Waals surface area contributed by atoms with Crippen molar-refractivity contribution in [1.29, 1.82) is 0 Å². The molecule has 78 valence electrons. The van der Waals surface area contributed by atoms with Gasteiger partial charge in [-0.25, -0.2) is 0 Å². The third-order valence-corrected chi connectivity index (χ3v) is 2.87. The highest BCUT2D eigenvalue weighted by Crippen LogP contribution is 2.17. The summed E-state index contributed by atoms with van der Waals surface area (Å²) in [7, 11) is 0. The van der Waals surface area contributed by atoms with E-state index in [0.29, 0.717) is 0 Å². The first kappa shape index (κ1) is 12.7. The van der Waals surface area contributed by atoms with E-state index in [1.165, 1.54) is 25.7 Å². The lowest BCUT2D eigenvalue weighted by Gasteiger charge is -2.11. The van der Waals surface area contributed by atoms with Crippen LogP contribution in [0.4, 0.5) is 0 Å². The quantitative estimate of drug-likeness (QED) is 0.524. The predicted octanol–water partition coefficient (Wildman–Crippen LogP) is 3.82. The molecule has 0 saturated heterocycles. The summed E-state index contributed by atoms with van der Waals surface area (Å²) < 4.78 is 0. The van der Waals surface area contributed by atoms with Gasteiger partial charge in [0, 0.05) is 6.42 Å². The Morgan fingerprint density at radius 1 is 1.08 bits per heavy atom. The Balaban J connectivity index is 3.25. The molecule has 0 heterocycles. The van der Waals surface area contributed by atoms with E-state index < -0.39 is 0 Å². The summed E-state index contributed by atoms with van der Waals surface area (Å²) >= 11 is 0. The molecule has 0 aliphatic rings. The molecule has 0 aromatic heterocycles. The number of rotatable bonds is 8. The molecule has 13 heavy (non-hydrogen) atoms. The molecule has 0 N–H and O–H groups in total. The van der Waals surface area contributed by atoms with Crippen molar-refractivity contribution < 1.29 is 4.79 Å². The van der Waals surface area contributed by atoms with Gasteiger partial charge in [0.2, 0.25) is 0 Å². The number of hydrogen-bond acceptors (Lipinski definition) is 1. The molecule has 1 nitrogen and oxygen atoms in total. The molecular weight excluding hydrogens is 160 g/mol. The van der Waals surface area contributed by atoms with Crippen molar-refractivity contribution in [3.8, 4) is 0 Å². The van der Waals surface area contributed by atoms with Crippen LogP contribution in [0.1, 0.15) is 59.3 Å². The van der Waals surface area contributed by atoms with Gasteiger partial charge in [0.1, 0.15) is 6.29 Å². The van der Waals surface area contributed by atoms with Crippen molar-refractivity contribution in [2.45, 2.75) is 59.3 Å². The maximum absolute atomic E-state index is 10.1. The Morgan fingerprint density at radius 2 is 1.69 bits per heavy atom. The van der Waals surface area contributed by atoms with Gasteiger partial charge in [-0.2, -0.15) is 0 Å². The van der Waals surface area contributed by atoms with Crippen LogP contribution < -0.4 is 0 Å².